The second-order valence-corrected chi connectivity index (χ2v) is 7.21. The molecular formula is C22H19N3OS. The van der Waals surface area contributed by atoms with Crippen LogP contribution in [-0.2, 0) is 6.42 Å². The highest BCUT2D eigenvalue weighted by Gasteiger charge is 2.08. The molecule has 0 aliphatic heterocycles. The van der Waals surface area contributed by atoms with Crippen molar-refractivity contribution in [2.45, 2.75) is 6.42 Å². The van der Waals surface area contributed by atoms with Gasteiger partial charge in [0, 0.05) is 17.8 Å². The number of urea groups is 1. The number of amides is 2. The van der Waals surface area contributed by atoms with Crippen LogP contribution in [0.25, 0.3) is 20.8 Å². The molecule has 0 aliphatic carbocycles. The predicted octanol–water partition coefficient (Wildman–Crippen LogP) is 5.33. The normalized spacial score (nSPS) is 10.7. The molecule has 0 atom stereocenters. The summed E-state index contributed by atoms with van der Waals surface area (Å²) in [6.07, 6.45) is 0.806. The molecule has 0 fully saturated rings. The number of fused-ring (bicyclic) bond motifs is 1. The van der Waals surface area contributed by atoms with Crippen molar-refractivity contribution in [3.05, 3.63) is 84.4 Å². The fourth-order valence-electron chi connectivity index (χ4n) is 2.87. The van der Waals surface area contributed by atoms with Crippen LogP contribution < -0.4 is 10.6 Å². The summed E-state index contributed by atoms with van der Waals surface area (Å²) in [6, 6.07) is 25.8. The van der Waals surface area contributed by atoms with E-state index in [9.17, 15) is 4.79 Å². The number of hydrogen-bond donors (Lipinski definition) is 2. The van der Waals surface area contributed by atoms with E-state index in [1.807, 2.05) is 60.7 Å². The third-order valence-corrected chi connectivity index (χ3v) is 5.29. The first-order valence-corrected chi connectivity index (χ1v) is 9.64. The molecule has 0 saturated heterocycles. The van der Waals surface area contributed by atoms with Crippen molar-refractivity contribution in [3.63, 3.8) is 0 Å². The molecule has 0 radical (unpaired) electrons. The first-order valence-electron chi connectivity index (χ1n) is 8.83. The second kappa shape index (κ2) is 8.01. The van der Waals surface area contributed by atoms with Crippen molar-refractivity contribution in [1.29, 1.82) is 0 Å². The van der Waals surface area contributed by atoms with E-state index >= 15 is 0 Å². The van der Waals surface area contributed by atoms with Crippen LogP contribution in [0.15, 0.2) is 78.9 Å². The number of carbonyl (C=O) groups excluding carboxylic acids is 1. The molecule has 1 aromatic heterocycles. The number of rotatable bonds is 5. The average Bonchev–Trinajstić information content (AvgIpc) is 3.13. The molecule has 0 aliphatic rings. The third-order valence-electron chi connectivity index (χ3n) is 4.20. The lowest BCUT2D eigenvalue weighted by molar-refractivity contribution is 0.252. The molecule has 27 heavy (non-hydrogen) atoms. The van der Waals surface area contributed by atoms with Gasteiger partial charge in [-0.05, 0) is 36.2 Å². The largest absolute Gasteiger partial charge is 0.338 e. The van der Waals surface area contributed by atoms with Gasteiger partial charge in [0.15, 0.2) is 0 Å². The van der Waals surface area contributed by atoms with Gasteiger partial charge in [-0.1, -0.05) is 54.6 Å². The summed E-state index contributed by atoms with van der Waals surface area (Å²) < 4.78 is 1.16. The quantitative estimate of drug-likeness (QED) is 0.497. The van der Waals surface area contributed by atoms with Crippen LogP contribution in [0.2, 0.25) is 0 Å². The zero-order valence-corrected chi connectivity index (χ0v) is 15.5. The molecule has 0 saturated carbocycles. The van der Waals surface area contributed by atoms with Gasteiger partial charge < -0.3 is 10.6 Å². The van der Waals surface area contributed by atoms with Gasteiger partial charge in [0.25, 0.3) is 0 Å². The van der Waals surface area contributed by atoms with E-state index in [1.165, 1.54) is 5.56 Å². The van der Waals surface area contributed by atoms with Crippen molar-refractivity contribution < 1.29 is 4.79 Å². The minimum Gasteiger partial charge on any atom is -0.338 e. The Kier molecular flexibility index (Phi) is 5.12. The SMILES string of the molecule is O=C(NCCc1ccccc1)Nc1cccc(-c2nc3ccccc3s2)c1. The average molecular weight is 373 g/mol. The lowest BCUT2D eigenvalue weighted by Crippen LogP contribution is -2.30. The molecule has 1 heterocycles. The molecule has 2 N–H and O–H groups in total. The van der Waals surface area contributed by atoms with Crippen molar-refractivity contribution >= 4 is 33.3 Å². The smallest absolute Gasteiger partial charge is 0.319 e. The highest BCUT2D eigenvalue weighted by Crippen LogP contribution is 2.31. The zero-order chi connectivity index (χ0) is 18.5. The van der Waals surface area contributed by atoms with Crippen LogP contribution in [-0.4, -0.2) is 17.6 Å². The number of nitrogens with zero attached hydrogens (tertiary/aromatic N) is 1. The van der Waals surface area contributed by atoms with E-state index in [0.29, 0.717) is 6.54 Å². The van der Waals surface area contributed by atoms with Gasteiger partial charge >= 0.3 is 6.03 Å². The Morgan fingerprint density at radius 3 is 2.59 bits per heavy atom. The first kappa shape index (κ1) is 17.2. The van der Waals surface area contributed by atoms with Gasteiger partial charge in [-0.15, -0.1) is 11.3 Å². The number of carbonyl (C=O) groups is 1. The van der Waals surface area contributed by atoms with Crippen LogP contribution in [0.3, 0.4) is 0 Å². The molecule has 0 spiro atoms. The van der Waals surface area contributed by atoms with E-state index < -0.39 is 0 Å². The number of nitrogens with one attached hydrogen (secondary N) is 2. The third kappa shape index (κ3) is 4.33. The van der Waals surface area contributed by atoms with Crippen molar-refractivity contribution in [1.82, 2.24) is 10.3 Å². The second-order valence-electron chi connectivity index (χ2n) is 6.18. The van der Waals surface area contributed by atoms with Gasteiger partial charge in [0.2, 0.25) is 0 Å². The molecule has 2 amide bonds. The van der Waals surface area contributed by atoms with Crippen LogP contribution in [0.4, 0.5) is 10.5 Å². The predicted molar refractivity (Wildman–Crippen MR) is 112 cm³/mol. The summed E-state index contributed by atoms with van der Waals surface area (Å²) in [5.74, 6) is 0. The Hall–Kier alpha value is -3.18. The van der Waals surface area contributed by atoms with Crippen molar-refractivity contribution in [3.8, 4) is 10.6 Å². The molecule has 4 rings (SSSR count). The number of thiazole rings is 1. The van der Waals surface area contributed by atoms with Gasteiger partial charge in [-0.25, -0.2) is 9.78 Å². The Morgan fingerprint density at radius 1 is 0.926 bits per heavy atom. The molecule has 4 aromatic rings. The summed E-state index contributed by atoms with van der Waals surface area (Å²) in [7, 11) is 0. The minimum absolute atomic E-state index is 0.201. The highest BCUT2D eigenvalue weighted by molar-refractivity contribution is 7.21. The first-order chi connectivity index (χ1) is 13.3. The standard InChI is InChI=1S/C22H19N3OS/c26-22(23-14-13-16-7-2-1-3-8-16)24-18-10-6-9-17(15-18)21-25-19-11-4-5-12-20(19)27-21/h1-12,15H,13-14H2,(H2,23,24,26). The van der Waals surface area contributed by atoms with Crippen molar-refractivity contribution in [2.24, 2.45) is 0 Å². The Balaban J connectivity index is 1.39. The highest BCUT2D eigenvalue weighted by atomic mass is 32.1. The monoisotopic (exact) mass is 373 g/mol. The number of benzene rings is 3. The molecule has 4 nitrogen and oxygen atoms in total. The van der Waals surface area contributed by atoms with Crippen LogP contribution in [0.5, 0.6) is 0 Å². The summed E-state index contributed by atoms with van der Waals surface area (Å²) in [5.41, 5.74) is 3.95. The number of para-hydroxylation sites is 1. The van der Waals surface area contributed by atoms with E-state index in [2.05, 4.69) is 33.8 Å². The fourth-order valence-corrected chi connectivity index (χ4v) is 3.83. The van der Waals surface area contributed by atoms with E-state index in [-0.39, 0.29) is 6.03 Å². The maximum Gasteiger partial charge on any atom is 0.319 e. The molecule has 5 heteroatoms. The van der Waals surface area contributed by atoms with Gasteiger partial charge in [-0.2, -0.15) is 0 Å². The maximum atomic E-state index is 12.2. The minimum atomic E-state index is -0.201. The lowest BCUT2D eigenvalue weighted by Gasteiger charge is -2.08. The Morgan fingerprint density at radius 2 is 1.74 bits per heavy atom. The van der Waals surface area contributed by atoms with Crippen LogP contribution in [0.1, 0.15) is 5.56 Å². The Labute approximate surface area is 161 Å². The van der Waals surface area contributed by atoms with Crippen LogP contribution in [0, 0.1) is 0 Å². The molecular weight excluding hydrogens is 354 g/mol. The number of anilines is 1. The van der Waals surface area contributed by atoms with E-state index in [0.717, 1.165) is 32.9 Å². The van der Waals surface area contributed by atoms with E-state index in [1.54, 1.807) is 11.3 Å². The molecule has 134 valence electrons. The zero-order valence-electron chi connectivity index (χ0n) is 14.7. The van der Waals surface area contributed by atoms with Gasteiger partial charge in [-0.3, -0.25) is 0 Å². The molecule has 0 bridgehead atoms. The van der Waals surface area contributed by atoms with E-state index in [4.69, 9.17) is 0 Å². The molecule has 0 unspecified atom stereocenters. The lowest BCUT2D eigenvalue weighted by atomic mass is 10.1. The van der Waals surface area contributed by atoms with Gasteiger partial charge in [0.05, 0.1) is 10.2 Å². The summed E-state index contributed by atoms with van der Waals surface area (Å²) in [4.78, 5) is 16.8. The number of hydrogen-bond acceptors (Lipinski definition) is 3. The fraction of sp³-hybridized carbons (Fsp3) is 0.0909. The topological polar surface area (TPSA) is 54.0 Å². The molecule has 3 aromatic carbocycles. The number of aromatic nitrogens is 1. The van der Waals surface area contributed by atoms with Gasteiger partial charge in [0.1, 0.15) is 5.01 Å². The summed E-state index contributed by atoms with van der Waals surface area (Å²) >= 11 is 1.65. The Bertz CT molecular complexity index is 1030. The van der Waals surface area contributed by atoms with Crippen LogP contribution >= 0.6 is 11.3 Å². The van der Waals surface area contributed by atoms with Crippen molar-refractivity contribution in [2.75, 3.05) is 11.9 Å². The summed E-state index contributed by atoms with van der Waals surface area (Å²) in [5, 5.41) is 6.74. The summed E-state index contributed by atoms with van der Waals surface area (Å²) in [6.45, 7) is 0.591. The maximum absolute atomic E-state index is 12.2.